The summed E-state index contributed by atoms with van der Waals surface area (Å²) in [5.41, 5.74) is 9.99. The van der Waals surface area contributed by atoms with Gasteiger partial charge in [-0.2, -0.15) is 5.10 Å². The maximum atomic E-state index is 10.2. The Bertz CT molecular complexity index is 825. The molecule has 1 aliphatic heterocycles. The first-order chi connectivity index (χ1) is 11.4. The molecule has 1 heterocycles. The van der Waals surface area contributed by atoms with E-state index in [9.17, 15) is 15.3 Å². The van der Waals surface area contributed by atoms with Crippen molar-refractivity contribution in [3.05, 3.63) is 41.5 Å². The minimum absolute atomic E-state index is 0.0319. The van der Waals surface area contributed by atoms with E-state index in [1.54, 1.807) is 23.1 Å². The van der Waals surface area contributed by atoms with Gasteiger partial charge in [-0.05, 0) is 30.2 Å². The average molecular weight is 346 g/mol. The number of phenolic OH excluding ortho intramolecular Hbond substituents is 3. The summed E-state index contributed by atoms with van der Waals surface area (Å²) in [6, 6.07) is 7.77. The molecule has 0 spiro atoms. The van der Waals surface area contributed by atoms with Gasteiger partial charge >= 0.3 is 0 Å². The molecule has 0 bridgehead atoms. The van der Waals surface area contributed by atoms with Gasteiger partial charge in [0.1, 0.15) is 17.2 Å². The minimum Gasteiger partial charge on any atom is -0.508 e. The molecule has 0 amide bonds. The summed E-state index contributed by atoms with van der Waals surface area (Å²) in [4.78, 5) is 1.70. The van der Waals surface area contributed by atoms with Crippen molar-refractivity contribution < 1.29 is 15.3 Å². The number of phenols is 3. The SMILES string of the molecule is CCc1cc(C2=NNC(S)N2c2ccc(N)c(O)c2)c(O)cc1O. The van der Waals surface area contributed by atoms with Crippen LogP contribution in [0.4, 0.5) is 11.4 Å². The monoisotopic (exact) mass is 346 g/mol. The largest absolute Gasteiger partial charge is 0.508 e. The molecule has 24 heavy (non-hydrogen) atoms. The topological polar surface area (TPSA) is 114 Å². The number of thiol groups is 1. The third-order valence-electron chi connectivity index (χ3n) is 3.87. The molecule has 6 N–H and O–H groups in total. The molecule has 0 saturated heterocycles. The van der Waals surface area contributed by atoms with E-state index in [4.69, 9.17) is 5.73 Å². The number of hydrogen-bond acceptors (Lipinski definition) is 8. The molecule has 2 aromatic rings. The molecule has 1 unspecified atom stereocenters. The van der Waals surface area contributed by atoms with E-state index in [0.29, 0.717) is 29.1 Å². The van der Waals surface area contributed by atoms with Gasteiger partial charge < -0.3 is 21.1 Å². The van der Waals surface area contributed by atoms with Crippen LogP contribution in [-0.2, 0) is 6.42 Å². The first-order valence-electron chi connectivity index (χ1n) is 7.36. The number of benzene rings is 2. The summed E-state index contributed by atoms with van der Waals surface area (Å²) in [5, 5.41) is 34.2. The van der Waals surface area contributed by atoms with E-state index in [2.05, 4.69) is 23.2 Å². The van der Waals surface area contributed by atoms with Crippen molar-refractivity contribution in [2.75, 3.05) is 10.6 Å². The maximum Gasteiger partial charge on any atom is 0.166 e. The van der Waals surface area contributed by atoms with Gasteiger partial charge in [0.25, 0.3) is 0 Å². The number of anilines is 2. The van der Waals surface area contributed by atoms with Gasteiger partial charge in [0.2, 0.25) is 0 Å². The highest BCUT2D eigenvalue weighted by Crippen LogP contribution is 2.34. The van der Waals surface area contributed by atoms with Gasteiger partial charge in [-0.15, -0.1) is 12.6 Å². The quantitative estimate of drug-likeness (QED) is 0.288. The predicted molar refractivity (Wildman–Crippen MR) is 96.6 cm³/mol. The highest BCUT2D eigenvalue weighted by molar-refractivity contribution is 7.81. The van der Waals surface area contributed by atoms with Crippen molar-refractivity contribution in [3.8, 4) is 17.2 Å². The second kappa shape index (κ2) is 6.04. The Hall–Kier alpha value is -2.74. The van der Waals surface area contributed by atoms with Crippen LogP contribution in [0.2, 0.25) is 0 Å². The predicted octanol–water partition coefficient (Wildman–Crippen LogP) is 1.93. The Kier molecular flexibility index (Phi) is 4.06. The third-order valence-corrected chi connectivity index (χ3v) is 4.22. The van der Waals surface area contributed by atoms with Crippen molar-refractivity contribution in [1.82, 2.24) is 5.43 Å². The summed E-state index contributed by atoms with van der Waals surface area (Å²) < 4.78 is 0. The van der Waals surface area contributed by atoms with Crippen LogP contribution in [-0.4, -0.2) is 26.7 Å². The number of hydrazone groups is 1. The fraction of sp³-hybridized carbons (Fsp3) is 0.188. The van der Waals surface area contributed by atoms with E-state index < -0.39 is 5.50 Å². The Morgan fingerprint density at radius 2 is 1.92 bits per heavy atom. The van der Waals surface area contributed by atoms with E-state index in [-0.39, 0.29) is 22.9 Å². The number of nitrogens with one attached hydrogen (secondary N) is 1. The highest BCUT2D eigenvalue weighted by atomic mass is 32.1. The zero-order chi connectivity index (χ0) is 17.4. The summed E-state index contributed by atoms with van der Waals surface area (Å²) in [7, 11) is 0. The lowest BCUT2D eigenvalue weighted by molar-refractivity contribution is 0.445. The first kappa shape index (κ1) is 16.1. The smallest absolute Gasteiger partial charge is 0.166 e. The van der Waals surface area contributed by atoms with E-state index in [0.717, 1.165) is 0 Å². The summed E-state index contributed by atoms with van der Waals surface area (Å²) in [6.45, 7) is 1.90. The number of amidine groups is 1. The Morgan fingerprint density at radius 1 is 1.17 bits per heavy atom. The Balaban J connectivity index is 2.08. The third kappa shape index (κ3) is 2.65. The number of nitrogens with two attached hydrogens (primary N) is 1. The van der Waals surface area contributed by atoms with Gasteiger partial charge in [0.15, 0.2) is 11.3 Å². The van der Waals surface area contributed by atoms with Crippen LogP contribution < -0.4 is 16.1 Å². The number of rotatable bonds is 3. The molecule has 0 saturated carbocycles. The molecule has 0 aliphatic carbocycles. The molecule has 126 valence electrons. The van der Waals surface area contributed by atoms with Gasteiger partial charge in [0, 0.05) is 17.8 Å². The van der Waals surface area contributed by atoms with Crippen molar-refractivity contribution in [3.63, 3.8) is 0 Å². The number of aryl methyl sites for hydroxylation is 1. The normalized spacial score (nSPS) is 16.8. The fourth-order valence-corrected chi connectivity index (χ4v) is 2.87. The Labute approximate surface area is 144 Å². The lowest BCUT2D eigenvalue weighted by Crippen LogP contribution is -2.36. The fourth-order valence-electron chi connectivity index (χ4n) is 2.57. The molecule has 1 atom stereocenters. The summed E-state index contributed by atoms with van der Waals surface area (Å²) in [6.07, 6.45) is 0.604. The second-order valence-electron chi connectivity index (χ2n) is 5.40. The standard InChI is InChI=1S/C16H18N4O3S/c1-2-8-5-10(13(22)7-12(8)21)15-18-19-16(24)20(15)9-3-4-11(17)14(23)6-9/h3-7,16,19,21-24H,2,17H2,1H3. The van der Waals surface area contributed by atoms with Gasteiger partial charge in [0.05, 0.1) is 11.3 Å². The molecular formula is C16H18N4O3S. The zero-order valence-corrected chi connectivity index (χ0v) is 13.8. The van der Waals surface area contributed by atoms with Crippen molar-refractivity contribution in [2.24, 2.45) is 5.10 Å². The van der Waals surface area contributed by atoms with E-state index >= 15 is 0 Å². The molecular weight excluding hydrogens is 328 g/mol. The maximum absolute atomic E-state index is 10.2. The first-order valence-corrected chi connectivity index (χ1v) is 7.88. The van der Waals surface area contributed by atoms with Gasteiger partial charge in [-0.3, -0.25) is 10.3 Å². The van der Waals surface area contributed by atoms with Crippen LogP contribution in [0.25, 0.3) is 0 Å². The molecule has 2 aromatic carbocycles. The zero-order valence-electron chi connectivity index (χ0n) is 12.9. The van der Waals surface area contributed by atoms with E-state index in [1.807, 2.05) is 6.92 Å². The number of aromatic hydroxyl groups is 3. The number of nitrogen functional groups attached to an aromatic ring is 1. The van der Waals surface area contributed by atoms with Crippen molar-refractivity contribution in [2.45, 2.75) is 18.8 Å². The van der Waals surface area contributed by atoms with Crippen LogP contribution in [0.1, 0.15) is 18.1 Å². The molecule has 0 radical (unpaired) electrons. The second-order valence-corrected chi connectivity index (χ2v) is 5.89. The molecule has 3 rings (SSSR count). The van der Waals surface area contributed by atoms with Crippen molar-refractivity contribution >= 4 is 29.8 Å². The lowest BCUT2D eigenvalue weighted by atomic mass is 10.0. The highest BCUT2D eigenvalue weighted by Gasteiger charge is 2.30. The van der Waals surface area contributed by atoms with Crippen LogP contribution in [0, 0.1) is 0 Å². The Morgan fingerprint density at radius 3 is 2.58 bits per heavy atom. The minimum atomic E-state index is -0.485. The van der Waals surface area contributed by atoms with Gasteiger partial charge in [-0.25, -0.2) is 0 Å². The van der Waals surface area contributed by atoms with Gasteiger partial charge in [-0.1, -0.05) is 6.92 Å². The van der Waals surface area contributed by atoms with Crippen molar-refractivity contribution in [1.29, 1.82) is 0 Å². The van der Waals surface area contributed by atoms with Crippen LogP contribution >= 0.6 is 12.6 Å². The number of hydrogen-bond donors (Lipinski definition) is 6. The number of nitrogens with zero attached hydrogens (tertiary/aromatic N) is 2. The summed E-state index contributed by atoms with van der Waals surface area (Å²) >= 11 is 4.43. The van der Waals surface area contributed by atoms with Crippen LogP contribution in [0.5, 0.6) is 17.2 Å². The lowest BCUT2D eigenvalue weighted by Gasteiger charge is -2.25. The van der Waals surface area contributed by atoms with Crippen LogP contribution in [0.3, 0.4) is 0 Å². The molecule has 0 fully saturated rings. The van der Waals surface area contributed by atoms with E-state index in [1.165, 1.54) is 12.1 Å². The molecule has 8 heteroatoms. The average Bonchev–Trinajstić information content (AvgIpc) is 2.92. The molecule has 7 nitrogen and oxygen atoms in total. The summed E-state index contributed by atoms with van der Waals surface area (Å²) in [5.74, 6) is 0.302. The molecule has 0 aromatic heterocycles. The molecule has 1 aliphatic rings. The van der Waals surface area contributed by atoms with Crippen LogP contribution in [0.15, 0.2) is 35.4 Å².